The Balaban J connectivity index is 2.30. The molecule has 0 amide bonds. The molecule has 1 aliphatic heterocycles. The summed E-state index contributed by atoms with van der Waals surface area (Å²) in [5.74, 6) is 0. The Morgan fingerprint density at radius 2 is 1.92 bits per heavy atom. The van der Waals surface area contributed by atoms with Crippen molar-refractivity contribution in [1.82, 2.24) is 10.3 Å². The van der Waals surface area contributed by atoms with E-state index in [1.54, 1.807) is 12.3 Å². The summed E-state index contributed by atoms with van der Waals surface area (Å²) in [5, 5.41) is 2.92. The van der Waals surface area contributed by atoms with Gasteiger partial charge in [0.15, 0.2) is 0 Å². The molecule has 0 radical (unpaired) electrons. The third-order valence-corrected chi connectivity index (χ3v) is 1.73. The predicted molar refractivity (Wildman–Crippen MR) is 51.0 cm³/mol. The van der Waals surface area contributed by atoms with Gasteiger partial charge in [0.25, 0.3) is 0 Å². The molecule has 2 rings (SSSR count). The molecule has 4 heteroatoms. The Hall–Kier alpha value is -1.97. The van der Waals surface area contributed by atoms with Crippen LogP contribution in [0.3, 0.4) is 0 Å². The Labute approximate surface area is 75.2 Å². The Morgan fingerprint density at radius 1 is 1.15 bits per heavy atom. The smallest absolute Gasteiger partial charge is 0.248 e. The van der Waals surface area contributed by atoms with Crippen LogP contribution in [-0.4, -0.2) is 4.98 Å². The molecule has 4 nitrogen and oxygen atoms in total. The molecule has 0 spiro atoms. The van der Waals surface area contributed by atoms with Crippen LogP contribution in [0.1, 0.15) is 0 Å². The van der Waals surface area contributed by atoms with Crippen LogP contribution in [0.25, 0.3) is 0 Å². The van der Waals surface area contributed by atoms with Gasteiger partial charge in [-0.3, -0.25) is 4.79 Å². The highest BCUT2D eigenvalue weighted by Crippen LogP contribution is 2.12. The number of hydrogen-bond acceptors (Lipinski definition) is 3. The van der Waals surface area contributed by atoms with Gasteiger partial charge in [-0.15, -0.1) is 0 Å². The number of hydrogen-bond donors (Lipinski definition) is 2. The lowest BCUT2D eigenvalue weighted by Gasteiger charge is -2.17. The number of nitrogens with one attached hydrogen (secondary N) is 2. The van der Waals surface area contributed by atoms with E-state index in [2.05, 4.69) is 10.3 Å². The highest BCUT2D eigenvalue weighted by Gasteiger charge is 1.99. The van der Waals surface area contributed by atoms with Crippen LogP contribution in [0.4, 0.5) is 5.69 Å². The molecular weight excluding hydrogens is 166 g/mol. The molecule has 0 atom stereocenters. The van der Waals surface area contributed by atoms with Gasteiger partial charge in [0, 0.05) is 37.1 Å². The first-order valence-electron chi connectivity index (χ1n) is 3.93. The standard InChI is InChI=1S/C9H9N3O/c13-9-2-1-8(7-11-9)12-5-3-10-4-6-12/h1-7,10H,(H,11,13). The SMILES string of the molecule is O=c1ccc(N2C=CNC=C2)c[nH]1. The summed E-state index contributed by atoms with van der Waals surface area (Å²) >= 11 is 0. The molecule has 0 saturated heterocycles. The molecule has 1 aromatic rings. The fourth-order valence-electron chi connectivity index (χ4n) is 1.09. The number of H-pyrrole nitrogens is 1. The summed E-state index contributed by atoms with van der Waals surface area (Å²) in [5.41, 5.74) is 0.834. The highest BCUT2D eigenvalue weighted by atomic mass is 16.1. The number of aromatic amines is 1. The van der Waals surface area contributed by atoms with E-state index in [0.29, 0.717) is 0 Å². The summed E-state index contributed by atoms with van der Waals surface area (Å²) < 4.78 is 0. The Kier molecular flexibility index (Phi) is 1.88. The molecule has 0 aliphatic carbocycles. The monoisotopic (exact) mass is 175 g/mol. The molecule has 13 heavy (non-hydrogen) atoms. The van der Waals surface area contributed by atoms with E-state index in [-0.39, 0.29) is 5.56 Å². The van der Waals surface area contributed by atoms with Crippen molar-refractivity contribution in [2.75, 3.05) is 4.90 Å². The molecule has 0 bridgehead atoms. The van der Waals surface area contributed by atoms with Crippen LogP contribution in [0.5, 0.6) is 0 Å². The van der Waals surface area contributed by atoms with E-state index in [9.17, 15) is 4.79 Å². The second-order valence-corrected chi connectivity index (χ2v) is 2.62. The van der Waals surface area contributed by atoms with Gasteiger partial charge < -0.3 is 15.2 Å². The summed E-state index contributed by atoms with van der Waals surface area (Å²) in [7, 11) is 0. The molecule has 1 aliphatic rings. The van der Waals surface area contributed by atoms with Crippen LogP contribution < -0.4 is 15.8 Å². The fraction of sp³-hybridized carbons (Fsp3) is 0. The minimum absolute atomic E-state index is 0.0909. The molecule has 66 valence electrons. The first-order valence-corrected chi connectivity index (χ1v) is 3.93. The van der Waals surface area contributed by atoms with E-state index >= 15 is 0 Å². The zero-order valence-corrected chi connectivity index (χ0v) is 6.90. The van der Waals surface area contributed by atoms with Crippen molar-refractivity contribution < 1.29 is 0 Å². The number of aromatic nitrogens is 1. The van der Waals surface area contributed by atoms with Gasteiger partial charge in [-0.05, 0) is 6.07 Å². The van der Waals surface area contributed by atoms with Crippen molar-refractivity contribution in [1.29, 1.82) is 0 Å². The fourth-order valence-corrected chi connectivity index (χ4v) is 1.09. The lowest BCUT2D eigenvalue weighted by atomic mass is 10.4. The first-order chi connectivity index (χ1) is 6.36. The van der Waals surface area contributed by atoms with Crippen LogP contribution in [0.2, 0.25) is 0 Å². The molecule has 2 N–H and O–H groups in total. The number of pyridine rings is 1. The summed E-state index contributed by atoms with van der Waals surface area (Å²) in [6, 6.07) is 3.26. The highest BCUT2D eigenvalue weighted by molar-refractivity contribution is 5.50. The summed E-state index contributed by atoms with van der Waals surface area (Å²) in [6.45, 7) is 0. The van der Waals surface area contributed by atoms with Gasteiger partial charge in [-0.2, -0.15) is 0 Å². The first kappa shape index (κ1) is 7.67. The summed E-state index contributed by atoms with van der Waals surface area (Å²) in [6.07, 6.45) is 9.03. The van der Waals surface area contributed by atoms with Crippen molar-refractivity contribution in [3.63, 3.8) is 0 Å². The average molecular weight is 175 g/mol. The Bertz CT molecular complexity index is 373. The molecule has 0 unspecified atom stereocenters. The molecule has 0 fully saturated rings. The normalized spacial score (nSPS) is 14.3. The van der Waals surface area contributed by atoms with Crippen molar-refractivity contribution >= 4 is 5.69 Å². The van der Waals surface area contributed by atoms with E-state index in [4.69, 9.17) is 0 Å². The predicted octanol–water partition coefficient (Wildman–Crippen LogP) is 0.727. The van der Waals surface area contributed by atoms with Crippen LogP contribution >= 0.6 is 0 Å². The molecule has 2 heterocycles. The van der Waals surface area contributed by atoms with Gasteiger partial charge in [-0.1, -0.05) is 0 Å². The van der Waals surface area contributed by atoms with Gasteiger partial charge in [0.1, 0.15) is 0 Å². The van der Waals surface area contributed by atoms with Crippen LogP contribution in [0.15, 0.2) is 47.9 Å². The van der Waals surface area contributed by atoms with E-state index < -0.39 is 0 Å². The quantitative estimate of drug-likeness (QED) is 0.661. The van der Waals surface area contributed by atoms with E-state index in [1.807, 2.05) is 29.7 Å². The van der Waals surface area contributed by atoms with Gasteiger partial charge in [-0.25, -0.2) is 0 Å². The second-order valence-electron chi connectivity index (χ2n) is 2.62. The topological polar surface area (TPSA) is 48.1 Å². The maximum absolute atomic E-state index is 10.8. The average Bonchev–Trinajstić information content (AvgIpc) is 2.20. The van der Waals surface area contributed by atoms with Crippen molar-refractivity contribution in [3.05, 3.63) is 53.5 Å². The minimum Gasteiger partial charge on any atom is -0.365 e. The molecule has 0 saturated carbocycles. The minimum atomic E-state index is -0.0909. The summed E-state index contributed by atoms with van der Waals surface area (Å²) in [4.78, 5) is 15.3. The number of nitrogens with zero attached hydrogens (tertiary/aromatic N) is 1. The zero-order chi connectivity index (χ0) is 9.10. The maximum Gasteiger partial charge on any atom is 0.248 e. The lowest BCUT2D eigenvalue weighted by molar-refractivity contribution is 1.08. The van der Waals surface area contributed by atoms with Crippen molar-refractivity contribution in [2.24, 2.45) is 0 Å². The Morgan fingerprint density at radius 3 is 2.54 bits per heavy atom. The van der Waals surface area contributed by atoms with Crippen LogP contribution in [-0.2, 0) is 0 Å². The van der Waals surface area contributed by atoms with Crippen molar-refractivity contribution in [3.8, 4) is 0 Å². The molecular formula is C9H9N3O. The largest absolute Gasteiger partial charge is 0.365 e. The molecule has 0 aromatic carbocycles. The van der Waals surface area contributed by atoms with Gasteiger partial charge in [0.2, 0.25) is 5.56 Å². The third kappa shape index (κ3) is 1.61. The van der Waals surface area contributed by atoms with Gasteiger partial charge >= 0.3 is 0 Å². The molecule has 1 aromatic heterocycles. The maximum atomic E-state index is 10.8. The van der Waals surface area contributed by atoms with Gasteiger partial charge in [0.05, 0.1) is 5.69 Å². The van der Waals surface area contributed by atoms with Crippen LogP contribution in [0, 0.1) is 0 Å². The lowest BCUT2D eigenvalue weighted by Crippen LogP contribution is -2.15. The van der Waals surface area contributed by atoms with E-state index in [0.717, 1.165) is 5.69 Å². The second kappa shape index (κ2) is 3.18. The number of anilines is 1. The number of rotatable bonds is 1. The van der Waals surface area contributed by atoms with Crippen molar-refractivity contribution in [2.45, 2.75) is 0 Å². The zero-order valence-electron chi connectivity index (χ0n) is 6.90. The van der Waals surface area contributed by atoms with E-state index in [1.165, 1.54) is 6.07 Å². The third-order valence-electron chi connectivity index (χ3n) is 1.73.